The minimum atomic E-state index is 0.458. The van der Waals surface area contributed by atoms with Gasteiger partial charge in [-0.3, -0.25) is 4.90 Å². The molecule has 0 amide bonds. The summed E-state index contributed by atoms with van der Waals surface area (Å²) in [4.78, 5) is 2.43. The predicted octanol–water partition coefficient (Wildman–Crippen LogP) is 2.27. The van der Waals surface area contributed by atoms with Crippen molar-refractivity contribution in [3.8, 4) is 5.75 Å². The Hall–Kier alpha value is -0.770. The Balaban J connectivity index is 1.85. The molecule has 2 N–H and O–H groups in total. The van der Waals surface area contributed by atoms with Crippen LogP contribution in [0, 0.1) is 0 Å². The number of nitrogens with zero attached hydrogens (tertiary/aromatic N) is 1. The molecule has 1 aliphatic heterocycles. The van der Waals surface area contributed by atoms with E-state index in [4.69, 9.17) is 22.1 Å². The number of hydrogen-bond donors (Lipinski definition) is 1. The number of halogens is 1. The first kappa shape index (κ1) is 12.7. The van der Waals surface area contributed by atoms with Crippen LogP contribution in [0.3, 0.4) is 0 Å². The van der Waals surface area contributed by atoms with Crippen LogP contribution in [0.25, 0.3) is 0 Å². The first-order valence-corrected chi connectivity index (χ1v) is 6.51. The molecule has 17 heavy (non-hydrogen) atoms. The Morgan fingerprint density at radius 1 is 1.29 bits per heavy atom. The molecule has 2 rings (SSSR count). The van der Waals surface area contributed by atoms with Crippen LogP contribution < -0.4 is 10.5 Å². The van der Waals surface area contributed by atoms with Gasteiger partial charge in [0.1, 0.15) is 12.4 Å². The smallest absolute Gasteiger partial charge is 0.123 e. The number of likely N-dealkylation sites (tertiary alicyclic amines) is 1. The van der Waals surface area contributed by atoms with Crippen molar-refractivity contribution in [2.24, 2.45) is 5.73 Å². The summed E-state index contributed by atoms with van der Waals surface area (Å²) < 4.78 is 5.76. The normalized spacial score (nSPS) is 16.4. The maximum absolute atomic E-state index is 5.91. The maximum Gasteiger partial charge on any atom is 0.123 e. The molecule has 1 aliphatic rings. The zero-order valence-electron chi connectivity index (χ0n) is 9.99. The fourth-order valence-corrected chi connectivity index (χ4v) is 2.33. The van der Waals surface area contributed by atoms with Crippen LogP contribution in [0.4, 0.5) is 0 Å². The van der Waals surface area contributed by atoms with Crippen LogP contribution in [-0.2, 0) is 6.54 Å². The van der Waals surface area contributed by atoms with E-state index in [1.165, 1.54) is 25.9 Å². The lowest BCUT2D eigenvalue weighted by atomic mass is 10.2. The molecule has 0 bridgehead atoms. The second-order valence-corrected chi connectivity index (χ2v) is 4.79. The van der Waals surface area contributed by atoms with Gasteiger partial charge in [0, 0.05) is 23.7 Å². The van der Waals surface area contributed by atoms with Gasteiger partial charge in [-0.05, 0) is 44.1 Å². The standard InChI is InChI=1S/C13H19ClN2O/c14-12-3-4-13(11(9-12)10-15)17-8-7-16-5-1-2-6-16/h3-4,9H,1-2,5-8,10,15H2. The lowest BCUT2D eigenvalue weighted by Crippen LogP contribution is -2.25. The minimum Gasteiger partial charge on any atom is -0.492 e. The van der Waals surface area contributed by atoms with Crippen LogP contribution in [0.15, 0.2) is 18.2 Å². The summed E-state index contributed by atoms with van der Waals surface area (Å²) >= 11 is 5.91. The topological polar surface area (TPSA) is 38.5 Å². The molecule has 0 aliphatic carbocycles. The molecule has 3 nitrogen and oxygen atoms in total. The van der Waals surface area contributed by atoms with E-state index < -0.39 is 0 Å². The summed E-state index contributed by atoms with van der Waals surface area (Å²) in [5.74, 6) is 0.857. The first-order chi connectivity index (χ1) is 8.29. The number of rotatable bonds is 5. The Bertz CT molecular complexity index is 364. The molecule has 1 saturated heterocycles. The third-order valence-corrected chi connectivity index (χ3v) is 3.34. The number of ether oxygens (including phenoxy) is 1. The van der Waals surface area contributed by atoms with Crippen molar-refractivity contribution in [1.29, 1.82) is 0 Å². The largest absolute Gasteiger partial charge is 0.492 e. The van der Waals surface area contributed by atoms with Gasteiger partial charge in [0.05, 0.1) is 0 Å². The van der Waals surface area contributed by atoms with Gasteiger partial charge in [-0.15, -0.1) is 0 Å². The van der Waals surface area contributed by atoms with E-state index in [2.05, 4.69) is 4.90 Å². The summed E-state index contributed by atoms with van der Waals surface area (Å²) in [6, 6.07) is 5.60. The second kappa shape index (κ2) is 6.24. The van der Waals surface area contributed by atoms with E-state index >= 15 is 0 Å². The molecule has 0 aromatic heterocycles. The molecule has 0 unspecified atom stereocenters. The van der Waals surface area contributed by atoms with Crippen molar-refractivity contribution in [3.63, 3.8) is 0 Å². The molecule has 1 heterocycles. The van der Waals surface area contributed by atoms with Gasteiger partial charge in [0.25, 0.3) is 0 Å². The Morgan fingerprint density at radius 2 is 2.06 bits per heavy atom. The Labute approximate surface area is 107 Å². The molecule has 0 radical (unpaired) electrons. The number of benzene rings is 1. The lowest BCUT2D eigenvalue weighted by Gasteiger charge is -2.16. The molecule has 0 spiro atoms. The van der Waals surface area contributed by atoms with Gasteiger partial charge in [-0.25, -0.2) is 0 Å². The van der Waals surface area contributed by atoms with Crippen molar-refractivity contribution in [1.82, 2.24) is 4.90 Å². The SMILES string of the molecule is NCc1cc(Cl)ccc1OCCN1CCCC1. The van der Waals surface area contributed by atoms with Crippen LogP contribution >= 0.6 is 11.6 Å². The maximum atomic E-state index is 5.91. The summed E-state index contributed by atoms with van der Waals surface area (Å²) in [6.07, 6.45) is 2.63. The van der Waals surface area contributed by atoms with Gasteiger partial charge in [0.15, 0.2) is 0 Å². The highest BCUT2D eigenvalue weighted by Gasteiger charge is 2.11. The number of nitrogens with two attached hydrogens (primary N) is 1. The highest BCUT2D eigenvalue weighted by Crippen LogP contribution is 2.22. The number of hydrogen-bond acceptors (Lipinski definition) is 3. The molecule has 4 heteroatoms. The van der Waals surface area contributed by atoms with Gasteiger partial charge >= 0.3 is 0 Å². The van der Waals surface area contributed by atoms with Gasteiger partial charge in [-0.2, -0.15) is 0 Å². The molecule has 1 aromatic rings. The molecule has 0 saturated carbocycles. The van der Waals surface area contributed by atoms with Crippen molar-refractivity contribution >= 4 is 11.6 Å². The average Bonchev–Trinajstić information content (AvgIpc) is 2.84. The van der Waals surface area contributed by atoms with Crippen molar-refractivity contribution in [2.45, 2.75) is 19.4 Å². The lowest BCUT2D eigenvalue weighted by molar-refractivity contribution is 0.236. The van der Waals surface area contributed by atoms with Crippen LogP contribution in [0.2, 0.25) is 5.02 Å². The first-order valence-electron chi connectivity index (χ1n) is 6.13. The Kier molecular flexibility index (Phi) is 4.66. The highest BCUT2D eigenvalue weighted by atomic mass is 35.5. The predicted molar refractivity (Wildman–Crippen MR) is 70.5 cm³/mol. The third-order valence-electron chi connectivity index (χ3n) is 3.11. The van der Waals surface area contributed by atoms with E-state index in [1.807, 2.05) is 18.2 Å². The summed E-state index contributed by atoms with van der Waals surface area (Å²) in [5, 5.41) is 0.706. The van der Waals surface area contributed by atoms with Crippen molar-refractivity contribution in [2.75, 3.05) is 26.2 Å². The molecular weight excluding hydrogens is 236 g/mol. The third kappa shape index (κ3) is 3.60. The zero-order chi connectivity index (χ0) is 12.1. The van der Waals surface area contributed by atoms with E-state index in [0.717, 1.165) is 17.9 Å². The zero-order valence-corrected chi connectivity index (χ0v) is 10.7. The van der Waals surface area contributed by atoms with Gasteiger partial charge < -0.3 is 10.5 Å². The average molecular weight is 255 g/mol. The minimum absolute atomic E-state index is 0.458. The van der Waals surface area contributed by atoms with Crippen molar-refractivity contribution in [3.05, 3.63) is 28.8 Å². The summed E-state index contributed by atoms with van der Waals surface area (Å²) in [5.41, 5.74) is 6.64. The summed E-state index contributed by atoms with van der Waals surface area (Å²) in [7, 11) is 0. The van der Waals surface area contributed by atoms with Gasteiger partial charge in [-0.1, -0.05) is 11.6 Å². The molecule has 0 atom stereocenters. The summed E-state index contributed by atoms with van der Waals surface area (Å²) in [6.45, 7) is 4.57. The Morgan fingerprint density at radius 3 is 2.76 bits per heavy atom. The molecule has 1 fully saturated rings. The molecular formula is C13H19ClN2O. The monoisotopic (exact) mass is 254 g/mol. The van der Waals surface area contributed by atoms with Crippen LogP contribution in [0.5, 0.6) is 5.75 Å². The second-order valence-electron chi connectivity index (χ2n) is 4.35. The van der Waals surface area contributed by atoms with Crippen LogP contribution in [-0.4, -0.2) is 31.1 Å². The fraction of sp³-hybridized carbons (Fsp3) is 0.538. The van der Waals surface area contributed by atoms with Crippen molar-refractivity contribution < 1.29 is 4.74 Å². The van der Waals surface area contributed by atoms with E-state index in [-0.39, 0.29) is 0 Å². The van der Waals surface area contributed by atoms with Gasteiger partial charge in [0.2, 0.25) is 0 Å². The molecule has 1 aromatic carbocycles. The molecule has 94 valence electrons. The van der Waals surface area contributed by atoms with E-state index in [0.29, 0.717) is 18.2 Å². The fourth-order valence-electron chi connectivity index (χ4n) is 2.14. The van der Waals surface area contributed by atoms with E-state index in [9.17, 15) is 0 Å². The highest BCUT2D eigenvalue weighted by molar-refractivity contribution is 6.30. The quantitative estimate of drug-likeness (QED) is 0.876. The van der Waals surface area contributed by atoms with E-state index in [1.54, 1.807) is 0 Å². The van der Waals surface area contributed by atoms with Crippen LogP contribution in [0.1, 0.15) is 18.4 Å².